The summed E-state index contributed by atoms with van der Waals surface area (Å²) in [5, 5.41) is 3.31. The van der Waals surface area contributed by atoms with Crippen molar-refractivity contribution in [3.63, 3.8) is 0 Å². The number of aromatic nitrogens is 1. The molecule has 96 valence electrons. The minimum atomic E-state index is 0.435. The summed E-state index contributed by atoms with van der Waals surface area (Å²) < 4.78 is 7.49. The normalized spacial score (nSPS) is 11.2. The Morgan fingerprint density at radius 1 is 1.22 bits per heavy atom. The molecular weight excluding hydrogens is 360 g/mol. The molecule has 0 fully saturated rings. The first-order valence-corrected chi connectivity index (χ1v) is 7.27. The van der Waals surface area contributed by atoms with Crippen LogP contribution in [-0.2, 0) is 6.54 Å². The Morgan fingerprint density at radius 2 is 1.89 bits per heavy atom. The first kappa shape index (κ1) is 13.8. The van der Waals surface area contributed by atoms with E-state index in [9.17, 15) is 0 Å². The Labute approximate surface area is 123 Å². The first-order valence-electron chi connectivity index (χ1n) is 5.69. The Balaban J connectivity index is 2.18. The van der Waals surface area contributed by atoms with E-state index in [0.29, 0.717) is 11.9 Å². The van der Waals surface area contributed by atoms with Gasteiger partial charge in [-0.1, -0.05) is 45.7 Å². The van der Waals surface area contributed by atoms with Crippen LogP contribution in [0.2, 0.25) is 0 Å². The van der Waals surface area contributed by atoms with Crippen LogP contribution in [0, 0.1) is 0 Å². The van der Waals surface area contributed by atoms with Gasteiger partial charge in [-0.2, -0.15) is 0 Å². The monoisotopic (exact) mass is 372 g/mol. The molecule has 1 aromatic heterocycles. The third kappa shape index (κ3) is 3.67. The molecule has 0 aliphatic heterocycles. The van der Waals surface area contributed by atoms with E-state index in [-0.39, 0.29) is 0 Å². The molecular formula is C13H14Br2N2O. The van der Waals surface area contributed by atoms with Crippen molar-refractivity contribution in [3.05, 3.63) is 39.1 Å². The van der Waals surface area contributed by atoms with Crippen LogP contribution in [0.5, 0.6) is 0 Å². The zero-order chi connectivity index (χ0) is 13.1. The van der Waals surface area contributed by atoms with Gasteiger partial charge in [0.1, 0.15) is 6.26 Å². The molecule has 0 saturated carbocycles. The molecule has 0 bridgehead atoms. The lowest BCUT2D eigenvalue weighted by atomic mass is 10.2. The van der Waals surface area contributed by atoms with Crippen molar-refractivity contribution < 1.29 is 4.42 Å². The fourth-order valence-corrected chi connectivity index (χ4v) is 2.80. The third-order valence-corrected chi connectivity index (χ3v) is 3.27. The average Bonchev–Trinajstić information content (AvgIpc) is 2.73. The fraction of sp³-hybridized carbons (Fsp3) is 0.308. The van der Waals surface area contributed by atoms with Gasteiger partial charge >= 0.3 is 0 Å². The molecule has 1 N–H and O–H groups in total. The number of nitrogens with one attached hydrogen (secondary N) is 1. The summed E-state index contributed by atoms with van der Waals surface area (Å²) in [5.74, 6) is 0.637. The first-order chi connectivity index (χ1) is 8.54. The number of nitrogens with zero attached hydrogens (tertiary/aromatic N) is 1. The van der Waals surface area contributed by atoms with E-state index < -0.39 is 0 Å². The average molecular weight is 374 g/mol. The molecule has 2 aromatic rings. The van der Waals surface area contributed by atoms with Gasteiger partial charge in [0.25, 0.3) is 0 Å². The molecule has 0 aliphatic rings. The van der Waals surface area contributed by atoms with Crippen molar-refractivity contribution in [2.75, 3.05) is 0 Å². The Kier molecular flexibility index (Phi) is 4.59. The van der Waals surface area contributed by atoms with Gasteiger partial charge in [-0.05, 0) is 18.2 Å². The molecule has 5 heteroatoms. The van der Waals surface area contributed by atoms with E-state index >= 15 is 0 Å². The predicted octanol–water partition coefficient (Wildman–Crippen LogP) is 4.36. The van der Waals surface area contributed by atoms with Crippen LogP contribution in [0.3, 0.4) is 0 Å². The van der Waals surface area contributed by atoms with E-state index in [1.807, 2.05) is 18.2 Å². The van der Waals surface area contributed by atoms with Gasteiger partial charge in [0, 0.05) is 27.1 Å². The van der Waals surface area contributed by atoms with E-state index in [1.165, 1.54) is 0 Å². The minimum absolute atomic E-state index is 0.435. The van der Waals surface area contributed by atoms with Gasteiger partial charge in [0.05, 0.1) is 5.69 Å². The van der Waals surface area contributed by atoms with E-state index in [1.54, 1.807) is 6.26 Å². The zero-order valence-corrected chi connectivity index (χ0v) is 13.4. The van der Waals surface area contributed by atoms with Crippen LogP contribution < -0.4 is 5.32 Å². The Bertz CT molecular complexity index is 517. The summed E-state index contributed by atoms with van der Waals surface area (Å²) in [6.07, 6.45) is 1.69. The van der Waals surface area contributed by atoms with Gasteiger partial charge in [-0.3, -0.25) is 0 Å². The summed E-state index contributed by atoms with van der Waals surface area (Å²) in [5.41, 5.74) is 1.86. The summed E-state index contributed by atoms with van der Waals surface area (Å²) in [7, 11) is 0. The molecule has 3 nitrogen and oxygen atoms in total. The Morgan fingerprint density at radius 3 is 2.50 bits per heavy atom. The maximum atomic E-state index is 5.50. The SMILES string of the molecule is CC(C)NCc1coc(-c2cc(Br)cc(Br)c2)n1. The summed E-state index contributed by atoms with van der Waals surface area (Å²) in [4.78, 5) is 4.46. The zero-order valence-electron chi connectivity index (χ0n) is 10.2. The van der Waals surface area contributed by atoms with Crippen LogP contribution in [-0.4, -0.2) is 11.0 Å². The lowest BCUT2D eigenvalue weighted by Crippen LogP contribution is -2.21. The lowest BCUT2D eigenvalue weighted by molar-refractivity contribution is 0.560. The van der Waals surface area contributed by atoms with E-state index in [2.05, 4.69) is 56.0 Å². The topological polar surface area (TPSA) is 38.1 Å². The van der Waals surface area contributed by atoms with Crippen molar-refractivity contribution in [1.82, 2.24) is 10.3 Å². The van der Waals surface area contributed by atoms with Gasteiger partial charge in [0.15, 0.2) is 0 Å². The van der Waals surface area contributed by atoms with Crippen LogP contribution in [0.4, 0.5) is 0 Å². The highest BCUT2D eigenvalue weighted by Gasteiger charge is 2.08. The van der Waals surface area contributed by atoms with Gasteiger partial charge < -0.3 is 9.73 Å². The van der Waals surface area contributed by atoms with E-state index in [0.717, 1.165) is 26.7 Å². The molecule has 0 amide bonds. The van der Waals surface area contributed by atoms with E-state index in [4.69, 9.17) is 4.42 Å². The standard InChI is InChI=1S/C13H14Br2N2O/c1-8(2)16-6-12-7-18-13(17-12)9-3-10(14)5-11(15)4-9/h3-5,7-8,16H,6H2,1-2H3. The van der Waals surface area contributed by atoms with Crippen molar-refractivity contribution in [3.8, 4) is 11.5 Å². The predicted molar refractivity (Wildman–Crippen MR) is 79.3 cm³/mol. The highest BCUT2D eigenvalue weighted by atomic mass is 79.9. The second kappa shape index (κ2) is 5.99. The molecule has 0 saturated heterocycles. The molecule has 1 heterocycles. The maximum Gasteiger partial charge on any atom is 0.226 e. The highest BCUT2D eigenvalue weighted by Crippen LogP contribution is 2.27. The Hall–Kier alpha value is -0.650. The molecule has 0 unspecified atom stereocenters. The number of hydrogen-bond acceptors (Lipinski definition) is 3. The van der Waals surface area contributed by atoms with Crippen molar-refractivity contribution in [2.45, 2.75) is 26.4 Å². The van der Waals surface area contributed by atoms with Crippen molar-refractivity contribution in [2.24, 2.45) is 0 Å². The van der Waals surface area contributed by atoms with Crippen molar-refractivity contribution >= 4 is 31.9 Å². The maximum absolute atomic E-state index is 5.50. The van der Waals surface area contributed by atoms with Gasteiger partial charge in [-0.15, -0.1) is 0 Å². The number of hydrogen-bond donors (Lipinski definition) is 1. The van der Waals surface area contributed by atoms with Crippen LogP contribution >= 0.6 is 31.9 Å². The number of halogens is 2. The van der Waals surface area contributed by atoms with Crippen LogP contribution in [0.15, 0.2) is 37.8 Å². The van der Waals surface area contributed by atoms with Gasteiger partial charge in [-0.25, -0.2) is 4.98 Å². The largest absolute Gasteiger partial charge is 0.444 e. The third-order valence-electron chi connectivity index (χ3n) is 2.35. The quantitative estimate of drug-likeness (QED) is 0.864. The van der Waals surface area contributed by atoms with Gasteiger partial charge in [0.2, 0.25) is 5.89 Å². The molecule has 0 atom stereocenters. The number of rotatable bonds is 4. The van der Waals surface area contributed by atoms with Crippen molar-refractivity contribution in [1.29, 1.82) is 0 Å². The fourth-order valence-electron chi connectivity index (χ4n) is 1.51. The lowest BCUT2D eigenvalue weighted by Gasteiger charge is -2.04. The molecule has 0 aliphatic carbocycles. The number of oxazole rings is 1. The molecule has 0 radical (unpaired) electrons. The second-order valence-corrected chi connectivity index (χ2v) is 6.17. The summed E-state index contributed by atoms with van der Waals surface area (Å²) in [6, 6.07) is 6.38. The van der Waals surface area contributed by atoms with Crippen LogP contribution in [0.1, 0.15) is 19.5 Å². The smallest absolute Gasteiger partial charge is 0.226 e. The number of benzene rings is 1. The summed E-state index contributed by atoms with van der Waals surface area (Å²) in [6.45, 7) is 4.93. The minimum Gasteiger partial charge on any atom is -0.444 e. The molecule has 1 aromatic carbocycles. The summed E-state index contributed by atoms with van der Waals surface area (Å²) >= 11 is 6.91. The molecule has 18 heavy (non-hydrogen) atoms. The highest BCUT2D eigenvalue weighted by molar-refractivity contribution is 9.11. The molecule has 0 spiro atoms. The van der Waals surface area contributed by atoms with Crippen LogP contribution in [0.25, 0.3) is 11.5 Å². The molecule has 2 rings (SSSR count). The second-order valence-electron chi connectivity index (χ2n) is 4.34.